The van der Waals surface area contributed by atoms with Gasteiger partial charge in [0.05, 0.1) is 11.2 Å². The van der Waals surface area contributed by atoms with Crippen molar-refractivity contribution < 1.29 is 0 Å². The van der Waals surface area contributed by atoms with Crippen LogP contribution in [0.15, 0.2) is 33.7 Å². The Labute approximate surface area is 94.9 Å². The van der Waals surface area contributed by atoms with Gasteiger partial charge in [0.15, 0.2) is 0 Å². The Morgan fingerprint density at radius 3 is 2.79 bits per heavy atom. The summed E-state index contributed by atoms with van der Waals surface area (Å²) < 4.78 is 0.931. The first-order valence-corrected chi connectivity index (χ1v) is 4.54. The van der Waals surface area contributed by atoms with Gasteiger partial charge < -0.3 is 10.7 Å². The van der Waals surface area contributed by atoms with Crippen molar-refractivity contribution in [3.63, 3.8) is 0 Å². The van der Waals surface area contributed by atoms with Gasteiger partial charge in [-0.25, -0.2) is 0 Å². The average molecular weight is 276 g/mol. The van der Waals surface area contributed by atoms with Gasteiger partial charge in [0, 0.05) is 16.1 Å². The van der Waals surface area contributed by atoms with E-state index in [1.165, 1.54) is 6.20 Å². The molecule has 0 atom stereocenters. The molecule has 2 aromatic rings. The maximum Gasteiger partial charge on any atom is 0.212 e. The number of hydrogen-bond acceptors (Lipinski definition) is 2. The second-order valence-corrected chi connectivity index (χ2v) is 3.68. The third-order valence-corrected chi connectivity index (χ3v) is 2.36. The lowest BCUT2D eigenvalue weighted by molar-refractivity contribution is 1.39. The van der Waals surface area contributed by atoms with Gasteiger partial charge in [-0.05, 0) is 18.2 Å². The van der Waals surface area contributed by atoms with Crippen LogP contribution in [0.4, 0.5) is 5.69 Å². The van der Waals surface area contributed by atoms with Crippen molar-refractivity contribution in [2.75, 3.05) is 5.73 Å². The number of pyridine rings is 1. The van der Waals surface area contributed by atoms with Crippen molar-refractivity contribution in [2.45, 2.75) is 0 Å². The topological polar surface area (TPSA) is 58.9 Å². The maximum atomic E-state index is 11.5. The van der Waals surface area contributed by atoms with Gasteiger partial charge in [0.25, 0.3) is 0 Å². The fourth-order valence-corrected chi connectivity index (χ4v) is 1.57. The molecular weight excluding hydrogens is 267 g/mol. The summed E-state index contributed by atoms with van der Waals surface area (Å²) in [6.45, 7) is 0. The molecule has 1 aromatic carbocycles. The van der Waals surface area contributed by atoms with Crippen LogP contribution in [0.25, 0.3) is 10.9 Å². The van der Waals surface area contributed by atoms with Crippen LogP contribution in [0.1, 0.15) is 0 Å². The van der Waals surface area contributed by atoms with Crippen molar-refractivity contribution in [2.24, 2.45) is 0 Å². The van der Waals surface area contributed by atoms with Crippen LogP contribution in [-0.2, 0) is 0 Å². The van der Waals surface area contributed by atoms with Crippen molar-refractivity contribution in [3.05, 3.63) is 39.1 Å². The van der Waals surface area contributed by atoms with Gasteiger partial charge >= 0.3 is 0 Å². The number of aromatic nitrogens is 1. The van der Waals surface area contributed by atoms with Gasteiger partial charge in [0.2, 0.25) is 5.43 Å². The molecular formula is C9H8BrClN2O. The highest BCUT2D eigenvalue weighted by Gasteiger charge is 2.01. The van der Waals surface area contributed by atoms with Crippen LogP contribution >= 0.6 is 28.3 Å². The number of H-pyrrole nitrogens is 1. The fraction of sp³-hybridized carbons (Fsp3) is 0. The highest BCUT2D eigenvalue weighted by atomic mass is 79.9. The molecule has 0 aliphatic heterocycles. The normalized spacial score (nSPS) is 9.79. The fourth-order valence-electron chi connectivity index (χ4n) is 1.21. The molecule has 3 nitrogen and oxygen atoms in total. The van der Waals surface area contributed by atoms with Crippen LogP contribution < -0.4 is 11.2 Å². The number of aromatic amines is 1. The summed E-state index contributed by atoms with van der Waals surface area (Å²) in [7, 11) is 0. The predicted octanol–water partition coefficient (Wildman–Crippen LogP) is 2.29. The largest absolute Gasteiger partial charge is 0.394 e. The number of fused-ring (bicyclic) bond motifs is 1. The number of hydrogen-bond donors (Lipinski definition) is 2. The van der Waals surface area contributed by atoms with E-state index < -0.39 is 0 Å². The van der Waals surface area contributed by atoms with Gasteiger partial charge in [-0.2, -0.15) is 0 Å². The number of benzene rings is 1. The van der Waals surface area contributed by atoms with Crippen LogP contribution in [0, 0.1) is 0 Å². The summed E-state index contributed by atoms with van der Waals surface area (Å²) >= 11 is 3.32. The molecule has 0 fully saturated rings. The predicted molar refractivity (Wildman–Crippen MR) is 63.9 cm³/mol. The summed E-state index contributed by atoms with van der Waals surface area (Å²) in [5, 5.41) is 0.614. The van der Waals surface area contributed by atoms with E-state index in [0.717, 1.165) is 9.99 Å². The average Bonchev–Trinajstić information content (AvgIpc) is 2.12. The second-order valence-electron chi connectivity index (χ2n) is 2.76. The Hall–Kier alpha value is -1.00. The molecule has 0 bridgehead atoms. The highest BCUT2D eigenvalue weighted by molar-refractivity contribution is 9.10. The summed E-state index contributed by atoms with van der Waals surface area (Å²) in [5.41, 5.74) is 6.38. The van der Waals surface area contributed by atoms with E-state index in [1.807, 2.05) is 12.1 Å². The maximum absolute atomic E-state index is 11.5. The lowest BCUT2D eigenvalue weighted by Crippen LogP contribution is -2.08. The standard InChI is InChI=1S/C9H7BrN2O.ClH/c10-5-1-2-6-8(3-5)12-4-7(11)9(6)13;/h1-4H,11H2,(H,12,13);1H. The van der Waals surface area contributed by atoms with Gasteiger partial charge in [-0.1, -0.05) is 15.9 Å². The summed E-state index contributed by atoms with van der Waals surface area (Å²) in [5.74, 6) is 0. The molecule has 3 N–H and O–H groups in total. The molecule has 2 rings (SSSR count). The zero-order chi connectivity index (χ0) is 9.42. The molecule has 0 aliphatic rings. The molecule has 5 heteroatoms. The van der Waals surface area contributed by atoms with Gasteiger partial charge in [0.1, 0.15) is 0 Å². The highest BCUT2D eigenvalue weighted by Crippen LogP contribution is 2.15. The molecule has 0 radical (unpaired) electrons. The zero-order valence-corrected chi connectivity index (χ0v) is 9.48. The molecule has 1 heterocycles. The molecule has 0 spiro atoms. The van der Waals surface area contributed by atoms with Crippen LogP contribution in [-0.4, -0.2) is 4.98 Å². The number of anilines is 1. The van der Waals surface area contributed by atoms with Crippen molar-refractivity contribution in [1.82, 2.24) is 4.98 Å². The van der Waals surface area contributed by atoms with Crippen molar-refractivity contribution in [3.8, 4) is 0 Å². The number of nitrogens with one attached hydrogen (secondary N) is 1. The third kappa shape index (κ3) is 1.76. The number of halogens is 2. The molecule has 1 aromatic heterocycles. The molecule has 0 saturated heterocycles. The Morgan fingerprint density at radius 2 is 2.07 bits per heavy atom. The molecule has 0 amide bonds. The van der Waals surface area contributed by atoms with Gasteiger partial charge in [-0.3, -0.25) is 4.79 Å². The van der Waals surface area contributed by atoms with Crippen molar-refractivity contribution >= 4 is 44.9 Å². The van der Waals surface area contributed by atoms with E-state index in [-0.39, 0.29) is 23.5 Å². The Bertz CT molecular complexity index is 524. The van der Waals surface area contributed by atoms with Crippen LogP contribution in [0.3, 0.4) is 0 Å². The quantitative estimate of drug-likeness (QED) is 0.775. The molecule has 0 unspecified atom stereocenters. The Balaban J connectivity index is 0.000000980. The van der Waals surface area contributed by atoms with E-state index in [4.69, 9.17) is 5.73 Å². The van der Waals surface area contributed by atoms with E-state index in [9.17, 15) is 4.79 Å². The number of nitrogen functional groups attached to an aromatic ring is 1. The zero-order valence-electron chi connectivity index (χ0n) is 7.08. The van der Waals surface area contributed by atoms with E-state index in [1.54, 1.807) is 6.07 Å². The van der Waals surface area contributed by atoms with Crippen LogP contribution in [0.5, 0.6) is 0 Å². The summed E-state index contributed by atoms with van der Waals surface area (Å²) in [6, 6.07) is 5.40. The van der Waals surface area contributed by atoms with Gasteiger partial charge in [-0.15, -0.1) is 12.4 Å². The van der Waals surface area contributed by atoms with Crippen LogP contribution in [0.2, 0.25) is 0 Å². The Morgan fingerprint density at radius 1 is 1.36 bits per heavy atom. The molecule has 74 valence electrons. The third-order valence-electron chi connectivity index (χ3n) is 1.87. The minimum Gasteiger partial charge on any atom is -0.394 e. The van der Waals surface area contributed by atoms with E-state index in [0.29, 0.717) is 5.39 Å². The van der Waals surface area contributed by atoms with Crippen molar-refractivity contribution in [1.29, 1.82) is 0 Å². The molecule has 0 aliphatic carbocycles. The first-order valence-electron chi connectivity index (χ1n) is 3.75. The number of nitrogens with two attached hydrogens (primary N) is 1. The summed E-state index contributed by atoms with van der Waals surface area (Å²) in [6.07, 6.45) is 1.51. The molecule has 14 heavy (non-hydrogen) atoms. The number of rotatable bonds is 0. The summed E-state index contributed by atoms with van der Waals surface area (Å²) in [4.78, 5) is 14.4. The SMILES string of the molecule is Cl.Nc1c[nH]c2cc(Br)ccc2c1=O. The first kappa shape index (κ1) is 11.1. The van der Waals surface area contributed by atoms with E-state index in [2.05, 4.69) is 20.9 Å². The monoisotopic (exact) mass is 274 g/mol. The Kier molecular flexibility index (Phi) is 3.18. The molecule has 0 saturated carbocycles. The lowest BCUT2D eigenvalue weighted by Gasteiger charge is -1.99. The second kappa shape index (κ2) is 4.02. The minimum atomic E-state index is -0.124. The van der Waals surface area contributed by atoms with E-state index >= 15 is 0 Å². The smallest absolute Gasteiger partial charge is 0.212 e. The first-order chi connectivity index (χ1) is 6.18. The minimum absolute atomic E-state index is 0. The lowest BCUT2D eigenvalue weighted by atomic mass is 10.2.